The fourth-order valence-electron chi connectivity index (χ4n) is 3.04. The monoisotopic (exact) mass is 360 g/mol. The van der Waals surface area contributed by atoms with Crippen molar-refractivity contribution in [2.75, 3.05) is 18.0 Å². The van der Waals surface area contributed by atoms with Gasteiger partial charge in [0.2, 0.25) is 0 Å². The lowest BCUT2D eigenvalue weighted by Gasteiger charge is -2.34. The molecule has 0 amide bonds. The molecular weight excluding hydrogens is 344 g/mol. The number of rotatable bonds is 3. The standard InChI is InChI=1S/C17H17BrN2O2/c18-16-12-15(20(21)22)6-7-17(16)19-10-8-14(9-11-19)13-4-2-1-3-5-13/h1-7,12,14H,8-11H2. The number of piperidine rings is 1. The van der Waals surface area contributed by atoms with Crippen LogP contribution in [0.1, 0.15) is 24.3 Å². The molecule has 0 atom stereocenters. The molecule has 2 aromatic rings. The minimum atomic E-state index is -0.365. The molecule has 4 nitrogen and oxygen atoms in total. The number of nitro benzene ring substituents is 1. The maximum absolute atomic E-state index is 10.8. The van der Waals surface area contributed by atoms with Gasteiger partial charge in [-0.15, -0.1) is 0 Å². The SMILES string of the molecule is O=[N+]([O-])c1ccc(N2CCC(c3ccccc3)CC2)c(Br)c1. The molecule has 0 bridgehead atoms. The van der Waals surface area contributed by atoms with Crippen LogP contribution in [0.3, 0.4) is 0 Å². The number of anilines is 1. The van der Waals surface area contributed by atoms with Gasteiger partial charge in [-0.2, -0.15) is 0 Å². The van der Waals surface area contributed by atoms with Crippen molar-refractivity contribution < 1.29 is 4.92 Å². The van der Waals surface area contributed by atoms with Crippen molar-refractivity contribution in [2.45, 2.75) is 18.8 Å². The molecule has 1 fully saturated rings. The molecule has 1 saturated heterocycles. The Hall–Kier alpha value is -1.88. The van der Waals surface area contributed by atoms with Crippen LogP contribution in [0.25, 0.3) is 0 Å². The van der Waals surface area contributed by atoms with Gasteiger partial charge in [0.05, 0.1) is 10.6 Å². The largest absolute Gasteiger partial charge is 0.371 e. The van der Waals surface area contributed by atoms with Gasteiger partial charge in [0, 0.05) is 29.7 Å². The summed E-state index contributed by atoms with van der Waals surface area (Å²) in [5, 5.41) is 10.8. The summed E-state index contributed by atoms with van der Waals surface area (Å²) in [5.41, 5.74) is 2.57. The second-order valence-electron chi connectivity index (χ2n) is 5.56. The highest BCUT2D eigenvalue weighted by Crippen LogP contribution is 2.35. The van der Waals surface area contributed by atoms with Crippen LogP contribution in [-0.4, -0.2) is 18.0 Å². The van der Waals surface area contributed by atoms with Crippen molar-refractivity contribution in [2.24, 2.45) is 0 Å². The summed E-state index contributed by atoms with van der Waals surface area (Å²) >= 11 is 3.46. The van der Waals surface area contributed by atoms with E-state index in [1.807, 2.05) is 12.1 Å². The van der Waals surface area contributed by atoms with Gasteiger partial charge >= 0.3 is 0 Å². The topological polar surface area (TPSA) is 46.4 Å². The number of nitrogens with zero attached hydrogens (tertiary/aromatic N) is 2. The summed E-state index contributed by atoms with van der Waals surface area (Å²) in [5.74, 6) is 0.606. The quantitative estimate of drug-likeness (QED) is 0.586. The summed E-state index contributed by atoms with van der Waals surface area (Å²) in [6.45, 7) is 1.94. The number of hydrogen-bond acceptors (Lipinski definition) is 3. The van der Waals surface area contributed by atoms with E-state index < -0.39 is 0 Å². The summed E-state index contributed by atoms with van der Waals surface area (Å²) in [6, 6.07) is 15.6. The molecule has 0 unspecified atom stereocenters. The van der Waals surface area contributed by atoms with Gasteiger partial charge in [0.1, 0.15) is 0 Å². The van der Waals surface area contributed by atoms with Crippen LogP contribution >= 0.6 is 15.9 Å². The summed E-state index contributed by atoms with van der Waals surface area (Å²) < 4.78 is 0.792. The highest BCUT2D eigenvalue weighted by molar-refractivity contribution is 9.10. The molecule has 0 aromatic heterocycles. The molecule has 1 aliphatic rings. The Morgan fingerprint density at radius 1 is 1.09 bits per heavy atom. The van der Waals surface area contributed by atoms with E-state index in [0.29, 0.717) is 5.92 Å². The maximum Gasteiger partial charge on any atom is 0.270 e. The lowest BCUT2D eigenvalue weighted by Crippen LogP contribution is -2.33. The third-order valence-electron chi connectivity index (χ3n) is 4.25. The summed E-state index contributed by atoms with van der Waals surface area (Å²) in [6.07, 6.45) is 2.21. The normalized spacial score (nSPS) is 15.8. The van der Waals surface area contributed by atoms with Crippen LogP contribution in [0.15, 0.2) is 53.0 Å². The Morgan fingerprint density at radius 2 is 1.77 bits per heavy atom. The summed E-state index contributed by atoms with van der Waals surface area (Å²) in [4.78, 5) is 12.7. The van der Waals surface area contributed by atoms with Crippen LogP contribution in [0.5, 0.6) is 0 Å². The predicted octanol–water partition coefficient (Wildman–Crippen LogP) is 4.74. The van der Waals surface area contributed by atoms with E-state index in [1.165, 1.54) is 5.56 Å². The Bertz CT molecular complexity index is 668. The molecular formula is C17H17BrN2O2. The van der Waals surface area contributed by atoms with E-state index in [2.05, 4.69) is 45.1 Å². The van der Waals surface area contributed by atoms with Gasteiger partial charge in [-0.1, -0.05) is 30.3 Å². The zero-order valence-electron chi connectivity index (χ0n) is 12.1. The minimum Gasteiger partial charge on any atom is -0.371 e. The zero-order valence-corrected chi connectivity index (χ0v) is 13.7. The molecule has 3 rings (SSSR count). The molecule has 0 radical (unpaired) electrons. The van der Waals surface area contributed by atoms with Crippen LogP contribution < -0.4 is 4.90 Å². The van der Waals surface area contributed by atoms with Crippen molar-refractivity contribution in [3.8, 4) is 0 Å². The average molecular weight is 361 g/mol. The van der Waals surface area contributed by atoms with Gasteiger partial charge < -0.3 is 4.90 Å². The Kier molecular flexibility index (Phi) is 4.43. The Balaban J connectivity index is 1.70. The minimum absolute atomic E-state index is 0.120. The maximum atomic E-state index is 10.8. The van der Waals surface area contributed by atoms with E-state index in [0.717, 1.165) is 36.1 Å². The second-order valence-corrected chi connectivity index (χ2v) is 6.42. The van der Waals surface area contributed by atoms with E-state index in [9.17, 15) is 10.1 Å². The molecule has 0 spiro atoms. The fraction of sp³-hybridized carbons (Fsp3) is 0.294. The first-order valence-corrected chi connectivity index (χ1v) is 8.18. The predicted molar refractivity (Wildman–Crippen MR) is 91.4 cm³/mol. The molecule has 5 heteroatoms. The molecule has 0 N–H and O–H groups in total. The Labute approximate surface area is 138 Å². The molecule has 22 heavy (non-hydrogen) atoms. The number of hydrogen-bond donors (Lipinski definition) is 0. The van der Waals surface area contributed by atoms with Gasteiger partial charge in [-0.05, 0) is 46.3 Å². The fourth-order valence-corrected chi connectivity index (χ4v) is 3.66. The number of non-ortho nitro benzene ring substituents is 1. The van der Waals surface area contributed by atoms with Crippen molar-refractivity contribution in [1.82, 2.24) is 0 Å². The third-order valence-corrected chi connectivity index (χ3v) is 4.88. The highest BCUT2D eigenvalue weighted by atomic mass is 79.9. The lowest BCUT2D eigenvalue weighted by molar-refractivity contribution is -0.384. The van der Waals surface area contributed by atoms with Crippen molar-refractivity contribution in [1.29, 1.82) is 0 Å². The molecule has 1 heterocycles. The second kappa shape index (κ2) is 6.48. The Morgan fingerprint density at radius 3 is 2.36 bits per heavy atom. The average Bonchev–Trinajstić information content (AvgIpc) is 2.56. The molecule has 0 saturated carbocycles. The zero-order chi connectivity index (χ0) is 15.5. The van der Waals surface area contributed by atoms with Crippen molar-refractivity contribution in [3.05, 3.63) is 68.7 Å². The first kappa shape index (κ1) is 15.0. The first-order chi connectivity index (χ1) is 10.6. The summed E-state index contributed by atoms with van der Waals surface area (Å²) in [7, 11) is 0. The number of nitro groups is 1. The van der Waals surface area contributed by atoms with Crippen molar-refractivity contribution >= 4 is 27.3 Å². The highest BCUT2D eigenvalue weighted by Gasteiger charge is 2.22. The number of halogens is 1. The molecule has 1 aliphatic heterocycles. The van der Waals surface area contributed by atoms with Crippen molar-refractivity contribution in [3.63, 3.8) is 0 Å². The van der Waals surface area contributed by atoms with Gasteiger partial charge in [0.25, 0.3) is 5.69 Å². The van der Waals surface area contributed by atoms with E-state index in [-0.39, 0.29) is 10.6 Å². The first-order valence-electron chi connectivity index (χ1n) is 7.39. The lowest BCUT2D eigenvalue weighted by atomic mass is 9.89. The van der Waals surface area contributed by atoms with E-state index in [4.69, 9.17) is 0 Å². The number of benzene rings is 2. The molecule has 0 aliphatic carbocycles. The van der Waals surface area contributed by atoms with E-state index in [1.54, 1.807) is 12.1 Å². The van der Waals surface area contributed by atoms with Crippen LogP contribution in [-0.2, 0) is 0 Å². The van der Waals surface area contributed by atoms with Gasteiger partial charge in [-0.25, -0.2) is 0 Å². The molecule has 2 aromatic carbocycles. The van der Waals surface area contributed by atoms with E-state index >= 15 is 0 Å². The van der Waals surface area contributed by atoms with Crippen LogP contribution in [0.2, 0.25) is 0 Å². The van der Waals surface area contributed by atoms with Crippen LogP contribution in [0, 0.1) is 10.1 Å². The van der Waals surface area contributed by atoms with Gasteiger partial charge in [-0.3, -0.25) is 10.1 Å². The molecule has 114 valence electrons. The smallest absolute Gasteiger partial charge is 0.270 e. The van der Waals surface area contributed by atoms with Gasteiger partial charge in [0.15, 0.2) is 0 Å². The third kappa shape index (κ3) is 3.14. The van der Waals surface area contributed by atoms with Crippen LogP contribution in [0.4, 0.5) is 11.4 Å².